The van der Waals surface area contributed by atoms with Crippen LogP contribution in [0.5, 0.6) is 0 Å². The van der Waals surface area contributed by atoms with Gasteiger partial charge in [0.2, 0.25) is 0 Å². The summed E-state index contributed by atoms with van der Waals surface area (Å²) in [4.78, 5) is 13.3. The molecule has 1 aliphatic carbocycles. The fraction of sp³-hybridized carbons (Fsp3) is 0.900. The summed E-state index contributed by atoms with van der Waals surface area (Å²) in [5.74, 6) is 0.238. The molecular formula is C10H17NO2. The molecule has 1 saturated carbocycles. The van der Waals surface area contributed by atoms with Crippen LogP contribution < -0.4 is 0 Å². The van der Waals surface area contributed by atoms with Gasteiger partial charge in [-0.15, -0.1) is 0 Å². The highest BCUT2D eigenvalue weighted by Gasteiger charge is 2.41. The summed E-state index contributed by atoms with van der Waals surface area (Å²) in [6, 6.07) is 0. The predicted octanol–water partition coefficient (Wildman–Crippen LogP) is 1.19. The molecule has 74 valence electrons. The summed E-state index contributed by atoms with van der Waals surface area (Å²) in [6.07, 6.45) is 3.51. The molecule has 1 aliphatic heterocycles. The molecule has 2 rings (SSSR count). The molecule has 13 heavy (non-hydrogen) atoms. The van der Waals surface area contributed by atoms with Crippen molar-refractivity contribution in [1.82, 2.24) is 4.90 Å². The third-order valence-corrected chi connectivity index (χ3v) is 3.28. The summed E-state index contributed by atoms with van der Waals surface area (Å²) in [5, 5.41) is 9.01. The number of aliphatic carboxylic acids is 1. The van der Waals surface area contributed by atoms with Crippen LogP contribution in [-0.4, -0.2) is 35.6 Å². The third-order valence-electron chi connectivity index (χ3n) is 3.28. The highest BCUT2D eigenvalue weighted by atomic mass is 16.4. The maximum atomic E-state index is 10.9. The molecule has 1 N–H and O–H groups in total. The lowest BCUT2D eigenvalue weighted by atomic mass is 9.90. The number of likely N-dealkylation sites (tertiary alicyclic amines) is 1. The summed E-state index contributed by atoms with van der Waals surface area (Å²) in [5.41, 5.74) is -0.477. The average Bonchev–Trinajstić information content (AvgIpc) is 2.76. The molecule has 2 fully saturated rings. The maximum absolute atomic E-state index is 10.9. The molecule has 0 amide bonds. The molecule has 1 saturated heterocycles. The molecule has 0 aromatic heterocycles. The van der Waals surface area contributed by atoms with E-state index in [0.717, 1.165) is 32.0 Å². The Balaban J connectivity index is 1.88. The van der Waals surface area contributed by atoms with Gasteiger partial charge in [-0.05, 0) is 38.6 Å². The minimum atomic E-state index is -0.634. The van der Waals surface area contributed by atoms with E-state index in [-0.39, 0.29) is 0 Å². The lowest BCUT2D eigenvalue weighted by Crippen LogP contribution is -2.32. The second-order valence-corrected chi connectivity index (χ2v) is 4.79. The number of nitrogens with zero attached hydrogens (tertiary/aromatic N) is 1. The van der Waals surface area contributed by atoms with Crippen LogP contribution in [0.4, 0.5) is 0 Å². The molecule has 1 heterocycles. The van der Waals surface area contributed by atoms with Crippen molar-refractivity contribution < 1.29 is 9.90 Å². The number of carbonyl (C=O) groups is 1. The Labute approximate surface area is 78.7 Å². The van der Waals surface area contributed by atoms with Crippen LogP contribution in [0.3, 0.4) is 0 Å². The van der Waals surface area contributed by atoms with Crippen LogP contribution in [0.15, 0.2) is 0 Å². The van der Waals surface area contributed by atoms with E-state index in [1.165, 1.54) is 12.8 Å². The van der Waals surface area contributed by atoms with Crippen LogP contribution >= 0.6 is 0 Å². The standard InChI is InChI=1S/C10H17NO2/c1-10(9(12)13)4-5-11(7-10)6-8-2-3-8/h8H,2-7H2,1H3,(H,12,13). The zero-order valence-corrected chi connectivity index (χ0v) is 8.12. The molecule has 1 atom stereocenters. The van der Waals surface area contributed by atoms with Gasteiger partial charge >= 0.3 is 5.97 Å². The molecule has 1 unspecified atom stereocenters. The molecule has 0 spiro atoms. The lowest BCUT2D eigenvalue weighted by molar-refractivity contribution is -0.147. The van der Waals surface area contributed by atoms with Gasteiger partial charge in [0.25, 0.3) is 0 Å². The maximum Gasteiger partial charge on any atom is 0.310 e. The quantitative estimate of drug-likeness (QED) is 0.714. The first-order valence-electron chi connectivity index (χ1n) is 5.06. The fourth-order valence-corrected chi connectivity index (χ4v) is 2.05. The van der Waals surface area contributed by atoms with Gasteiger partial charge in [-0.2, -0.15) is 0 Å². The number of rotatable bonds is 3. The Kier molecular flexibility index (Phi) is 2.06. The molecule has 0 bridgehead atoms. The van der Waals surface area contributed by atoms with E-state index < -0.39 is 11.4 Å². The fourth-order valence-electron chi connectivity index (χ4n) is 2.05. The van der Waals surface area contributed by atoms with E-state index in [4.69, 9.17) is 5.11 Å². The monoisotopic (exact) mass is 183 g/mol. The SMILES string of the molecule is CC1(C(=O)O)CCN(CC2CC2)C1. The molecular weight excluding hydrogens is 166 g/mol. The normalized spacial score (nSPS) is 35.2. The Hall–Kier alpha value is -0.570. The molecule has 3 nitrogen and oxygen atoms in total. The van der Waals surface area contributed by atoms with E-state index in [1.54, 1.807) is 0 Å². The van der Waals surface area contributed by atoms with Crippen LogP contribution in [0.1, 0.15) is 26.2 Å². The third kappa shape index (κ3) is 1.85. The Morgan fingerprint density at radius 1 is 1.62 bits per heavy atom. The van der Waals surface area contributed by atoms with Gasteiger partial charge < -0.3 is 10.0 Å². The van der Waals surface area contributed by atoms with Crippen molar-refractivity contribution in [2.45, 2.75) is 26.2 Å². The van der Waals surface area contributed by atoms with Gasteiger partial charge in [0.15, 0.2) is 0 Å². The first-order chi connectivity index (χ1) is 6.10. The van der Waals surface area contributed by atoms with Crippen molar-refractivity contribution >= 4 is 5.97 Å². The second-order valence-electron chi connectivity index (χ2n) is 4.79. The van der Waals surface area contributed by atoms with E-state index in [2.05, 4.69) is 4.90 Å². The Morgan fingerprint density at radius 3 is 2.77 bits per heavy atom. The summed E-state index contributed by atoms with van der Waals surface area (Å²) in [7, 11) is 0. The van der Waals surface area contributed by atoms with E-state index in [1.807, 2.05) is 6.92 Å². The predicted molar refractivity (Wildman–Crippen MR) is 49.5 cm³/mol. The molecule has 0 aromatic carbocycles. The van der Waals surface area contributed by atoms with Gasteiger partial charge in [0.05, 0.1) is 5.41 Å². The number of hydrogen-bond donors (Lipinski definition) is 1. The van der Waals surface area contributed by atoms with Crippen LogP contribution in [-0.2, 0) is 4.79 Å². The lowest BCUT2D eigenvalue weighted by Gasteiger charge is -2.19. The first-order valence-corrected chi connectivity index (χ1v) is 5.06. The van der Waals surface area contributed by atoms with Gasteiger partial charge in [-0.1, -0.05) is 0 Å². The topological polar surface area (TPSA) is 40.5 Å². The Morgan fingerprint density at radius 2 is 2.31 bits per heavy atom. The first kappa shape index (κ1) is 9.00. The van der Waals surface area contributed by atoms with Crippen molar-refractivity contribution in [2.24, 2.45) is 11.3 Å². The van der Waals surface area contributed by atoms with Crippen LogP contribution in [0.2, 0.25) is 0 Å². The minimum Gasteiger partial charge on any atom is -0.481 e. The largest absolute Gasteiger partial charge is 0.481 e. The van der Waals surface area contributed by atoms with Gasteiger partial charge in [-0.3, -0.25) is 4.79 Å². The number of carboxylic acids is 1. The van der Waals surface area contributed by atoms with E-state index in [0.29, 0.717) is 0 Å². The minimum absolute atomic E-state index is 0.477. The summed E-state index contributed by atoms with van der Waals surface area (Å²) in [6.45, 7) is 4.71. The summed E-state index contributed by atoms with van der Waals surface area (Å²) < 4.78 is 0. The van der Waals surface area contributed by atoms with Crippen molar-refractivity contribution in [2.75, 3.05) is 19.6 Å². The van der Waals surface area contributed by atoms with Crippen molar-refractivity contribution in [3.05, 3.63) is 0 Å². The van der Waals surface area contributed by atoms with Gasteiger partial charge in [0, 0.05) is 13.1 Å². The average molecular weight is 183 g/mol. The zero-order chi connectivity index (χ0) is 9.47. The number of carboxylic acid groups (broad SMARTS) is 1. The van der Waals surface area contributed by atoms with Gasteiger partial charge in [-0.25, -0.2) is 0 Å². The highest BCUT2D eigenvalue weighted by molar-refractivity contribution is 5.74. The molecule has 2 aliphatic rings. The molecule has 0 aromatic rings. The van der Waals surface area contributed by atoms with Crippen molar-refractivity contribution in [1.29, 1.82) is 0 Å². The van der Waals surface area contributed by atoms with Crippen LogP contribution in [0.25, 0.3) is 0 Å². The van der Waals surface area contributed by atoms with E-state index in [9.17, 15) is 4.79 Å². The molecule has 3 heteroatoms. The summed E-state index contributed by atoms with van der Waals surface area (Å²) >= 11 is 0. The molecule has 0 radical (unpaired) electrons. The smallest absolute Gasteiger partial charge is 0.310 e. The van der Waals surface area contributed by atoms with Crippen LogP contribution in [0, 0.1) is 11.3 Å². The van der Waals surface area contributed by atoms with Crippen molar-refractivity contribution in [3.63, 3.8) is 0 Å². The highest BCUT2D eigenvalue weighted by Crippen LogP contribution is 2.35. The van der Waals surface area contributed by atoms with E-state index >= 15 is 0 Å². The van der Waals surface area contributed by atoms with Gasteiger partial charge in [0.1, 0.15) is 0 Å². The zero-order valence-electron chi connectivity index (χ0n) is 8.12. The second kappa shape index (κ2) is 2.98. The van der Waals surface area contributed by atoms with Crippen molar-refractivity contribution in [3.8, 4) is 0 Å². The number of hydrogen-bond acceptors (Lipinski definition) is 2. The Bertz CT molecular complexity index is 225.